The quantitative estimate of drug-likeness (QED) is 0.743. The molecule has 0 amide bonds. The third-order valence-electron chi connectivity index (χ3n) is 2.23. The van der Waals surface area contributed by atoms with Gasteiger partial charge in [-0.1, -0.05) is 5.16 Å². The molecule has 0 radical (unpaired) electrons. The highest BCUT2D eigenvalue weighted by Crippen LogP contribution is 2.24. The number of aryl methyl sites for hydroxylation is 1. The third-order valence-corrected chi connectivity index (χ3v) is 2.89. The molecule has 0 atom stereocenters. The minimum atomic E-state index is 0.435. The summed E-state index contributed by atoms with van der Waals surface area (Å²) in [6.07, 6.45) is 1.85. The summed E-state index contributed by atoms with van der Waals surface area (Å²) in [5.74, 6) is 1.04. The van der Waals surface area contributed by atoms with Crippen LogP contribution in [0.1, 0.15) is 5.82 Å². The van der Waals surface area contributed by atoms with Crippen LogP contribution in [0.25, 0.3) is 22.6 Å². The van der Waals surface area contributed by atoms with Crippen molar-refractivity contribution in [1.82, 2.24) is 20.1 Å². The second kappa shape index (κ2) is 3.41. The van der Waals surface area contributed by atoms with Crippen molar-refractivity contribution in [2.45, 2.75) is 6.92 Å². The van der Waals surface area contributed by atoms with Gasteiger partial charge in [-0.3, -0.25) is 0 Å². The summed E-state index contributed by atoms with van der Waals surface area (Å²) in [5.41, 5.74) is 1.46. The molecule has 16 heavy (non-hydrogen) atoms. The van der Waals surface area contributed by atoms with Crippen LogP contribution in [0.15, 0.2) is 27.3 Å². The molecule has 0 bridgehead atoms. The molecule has 1 N–H and O–H groups in total. The number of rotatable bonds is 1. The van der Waals surface area contributed by atoms with Crippen molar-refractivity contribution in [2.24, 2.45) is 0 Å². The van der Waals surface area contributed by atoms with Crippen LogP contribution in [0.5, 0.6) is 0 Å². The summed E-state index contributed by atoms with van der Waals surface area (Å²) < 4.78 is 6.05. The summed E-state index contributed by atoms with van der Waals surface area (Å²) in [4.78, 5) is 11.6. The van der Waals surface area contributed by atoms with Gasteiger partial charge in [0, 0.05) is 16.1 Å². The second-order valence-corrected chi connectivity index (χ2v) is 4.23. The highest BCUT2D eigenvalue weighted by atomic mass is 79.9. The number of pyridine rings is 1. The number of aromatic amines is 1. The molecule has 0 aromatic carbocycles. The van der Waals surface area contributed by atoms with E-state index in [2.05, 4.69) is 36.0 Å². The first-order chi connectivity index (χ1) is 7.74. The van der Waals surface area contributed by atoms with Gasteiger partial charge in [0.1, 0.15) is 11.3 Å². The highest BCUT2D eigenvalue weighted by Gasteiger charge is 2.10. The fourth-order valence-electron chi connectivity index (χ4n) is 1.49. The molecule has 0 saturated carbocycles. The van der Waals surface area contributed by atoms with Gasteiger partial charge in [0.2, 0.25) is 0 Å². The van der Waals surface area contributed by atoms with Crippen LogP contribution in [0.3, 0.4) is 0 Å². The largest absolute Gasteiger partial charge is 0.345 e. The van der Waals surface area contributed by atoms with Crippen molar-refractivity contribution < 1.29 is 4.52 Å². The Kier molecular flexibility index (Phi) is 2.03. The summed E-state index contributed by atoms with van der Waals surface area (Å²) in [7, 11) is 0. The van der Waals surface area contributed by atoms with Gasteiger partial charge in [-0.15, -0.1) is 0 Å². The molecule has 0 aliphatic carbocycles. The van der Waals surface area contributed by atoms with Crippen molar-refractivity contribution in [1.29, 1.82) is 0 Å². The lowest BCUT2D eigenvalue weighted by Crippen LogP contribution is -1.84. The van der Waals surface area contributed by atoms with E-state index in [1.165, 1.54) is 0 Å². The minimum absolute atomic E-state index is 0.435. The van der Waals surface area contributed by atoms with E-state index in [0.717, 1.165) is 15.5 Å². The van der Waals surface area contributed by atoms with Crippen molar-refractivity contribution in [3.63, 3.8) is 0 Å². The summed E-state index contributed by atoms with van der Waals surface area (Å²) in [5, 5.41) is 4.76. The molecule has 6 heteroatoms. The van der Waals surface area contributed by atoms with Crippen LogP contribution in [0.4, 0.5) is 0 Å². The van der Waals surface area contributed by atoms with Crippen molar-refractivity contribution in [3.8, 4) is 11.6 Å². The first-order valence-electron chi connectivity index (χ1n) is 4.68. The van der Waals surface area contributed by atoms with Crippen LogP contribution in [-0.2, 0) is 0 Å². The number of H-pyrrole nitrogens is 1. The number of nitrogens with one attached hydrogen (secondary N) is 1. The Balaban J connectivity index is 2.18. The number of hydrogen-bond donors (Lipinski definition) is 1. The molecular formula is C10H7BrN4O. The Morgan fingerprint density at radius 2 is 2.19 bits per heavy atom. The maximum Gasteiger partial charge on any atom is 0.276 e. The smallest absolute Gasteiger partial charge is 0.276 e. The monoisotopic (exact) mass is 278 g/mol. The lowest BCUT2D eigenvalue weighted by atomic mass is 10.3. The number of halogens is 1. The Morgan fingerprint density at radius 3 is 2.94 bits per heavy atom. The van der Waals surface area contributed by atoms with E-state index in [1.54, 1.807) is 6.92 Å². The number of aromatic nitrogens is 4. The SMILES string of the molecule is Cc1noc(-c2ccc3c(Br)c[nH]c3n2)n1. The molecule has 5 nitrogen and oxygen atoms in total. The molecule has 80 valence electrons. The van der Waals surface area contributed by atoms with Gasteiger partial charge in [0.05, 0.1) is 0 Å². The molecule has 0 unspecified atom stereocenters. The topological polar surface area (TPSA) is 67.6 Å². The molecule has 3 aromatic rings. The number of nitrogens with zero attached hydrogens (tertiary/aromatic N) is 3. The summed E-state index contributed by atoms with van der Waals surface area (Å²) in [6.45, 7) is 1.77. The molecule has 0 spiro atoms. The molecule has 0 fully saturated rings. The first-order valence-corrected chi connectivity index (χ1v) is 5.47. The van der Waals surface area contributed by atoms with Crippen molar-refractivity contribution in [2.75, 3.05) is 0 Å². The van der Waals surface area contributed by atoms with Crippen LogP contribution in [0.2, 0.25) is 0 Å². The molecule has 0 aliphatic rings. The molecule has 3 rings (SSSR count). The van der Waals surface area contributed by atoms with Gasteiger partial charge in [-0.25, -0.2) is 4.98 Å². The predicted molar refractivity (Wildman–Crippen MR) is 61.8 cm³/mol. The van der Waals surface area contributed by atoms with Crippen LogP contribution in [0, 0.1) is 6.92 Å². The molecule has 3 aromatic heterocycles. The van der Waals surface area contributed by atoms with Crippen molar-refractivity contribution >= 4 is 27.0 Å². The summed E-state index contributed by atoms with van der Waals surface area (Å²) in [6, 6.07) is 3.81. The Morgan fingerprint density at radius 1 is 1.31 bits per heavy atom. The fraction of sp³-hybridized carbons (Fsp3) is 0.100. The Bertz CT molecular complexity index is 658. The molecule has 0 aliphatic heterocycles. The third kappa shape index (κ3) is 1.42. The average Bonchev–Trinajstić information content (AvgIpc) is 2.86. The van der Waals surface area contributed by atoms with Gasteiger partial charge in [-0.05, 0) is 35.0 Å². The van der Waals surface area contributed by atoms with Crippen molar-refractivity contribution in [3.05, 3.63) is 28.6 Å². The standard InChI is InChI=1S/C10H7BrN4O/c1-5-13-10(16-15-5)8-3-2-6-7(11)4-12-9(6)14-8/h2-4H,1H3,(H,12,14). The fourth-order valence-corrected chi connectivity index (χ4v) is 1.93. The molecule has 0 saturated heterocycles. The van der Waals surface area contributed by atoms with E-state index in [1.807, 2.05) is 18.3 Å². The number of fused-ring (bicyclic) bond motifs is 1. The first kappa shape index (κ1) is 9.53. The van der Waals surface area contributed by atoms with Gasteiger partial charge in [-0.2, -0.15) is 4.98 Å². The van der Waals surface area contributed by atoms with E-state index in [0.29, 0.717) is 17.4 Å². The van der Waals surface area contributed by atoms with Gasteiger partial charge >= 0.3 is 0 Å². The van der Waals surface area contributed by atoms with Crippen LogP contribution in [-0.4, -0.2) is 20.1 Å². The van der Waals surface area contributed by atoms with E-state index >= 15 is 0 Å². The number of hydrogen-bond acceptors (Lipinski definition) is 4. The zero-order valence-corrected chi connectivity index (χ0v) is 9.95. The zero-order valence-electron chi connectivity index (χ0n) is 8.36. The maximum atomic E-state index is 5.06. The Hall–Kier alpha value is -1.69. The van der Waals surface area contributed by atoms with Crippen LogP contribution >= 0.6 is 15.9 Å². The second-order valence-electron chi connectivity index (χ2n) is 3.38. The lowest BCUT2D eigenvalue weighted by Gasteiger charge is -1.94. The molecular weight excluding hydrogens is 272 g/mol. The Labute approximate surface area is 99.0 Å². The van der Waals surface area contributed by atoms with E-state index in [-0.39, 0.29) is 0 Å². The summed E-state index contributed by atoms with van der Waals surface area (Å²) >= 11 is 3.43. The van der Waals surface area contributed by atoms with E-state index in [4.69, 9.17) is 4.52 Å². The van der Waals surface area contributed by atoms with Gasteiger partial charge < -0.3 is 9.51 Å². The van der Waals surface area contributed by atoms with E-state index in [9.17, 15) is 0 Å². The lowest BCUT2D eigenvalue weighted by molar-refractivity contribution is 0.424. The van der Waals surface area contributed by atoms with Gasteiger partial charge in [0.25, 0.3) is 5.89 Å². The maximum absolute atomic E-state index is 5.06. The molecule has 3 heterocycles. The normalized spacial score (nSPS) is 11.1. The zero-order chi connectivity index (χ0) is 11.1. The van der Waals surface area contributed by atoms with Crippen LogP contribution < -0.4 is 0 Å². The minimum Gasteiger partial charge on any atom is -0.345 e. The predicted octanol–water partition coefficient (Wildman–Crippen LogP) is 2.68. The highest BCUT2D eigenvalue weighted by molar-refractivity contribution is 9.10. The van der Waals surface area contributed by atoms with Gasteiger partial charge in [0.15, 0.2) is 5.82 Å². The van der Waals surface area contributed by atoms with E-state index < -0.39 is 0 Å². The average molecular weight is 279 g/mol.